The van der Waals surface area contributed by atoms with Crippen LogP contribution in [0.15, 0.2) is 0 Å². The monoisotopic (exact) mass is 203 g/mol. The lowest BCUT2D eigenvalue weighted by Crippen LogP contribution is -2.61. The van der Waals surface area contributed by atoms with Crippen LogP contribution in [-0.2, 0) is 0 Å². The largest absolute Gasteiger partial charge is 0.388 e. The molecule has 0 aromatic rings. The highest BCUT2D eigenvalue weighted by atomic mass is 32.2. The van der Waals surface area contributed by atoms with Crippen molar-refractivity contribution in [1.82, 2.24) is 0 Å². The molecule has 1 saturated heterocycles. The summed E-state index contributed by atoms with van der Waals surface area (Å²) in [5.74, 6) is 2.19. The average Bonchev–Trinajstić information content (AvgIpc) is 2.17. The molecule has 1 heterocycles. The second-order valence-electron chi connectivity index (χ2n) is 4.01. The summed E-state index contributed by atoms with van der Waals surface area (Å²) < 4.78 is 0. The number of aliphatic hydroxyl groups is 1. The molecule has 1 aliphatic heterocycles. The van der Waals surface area contributed by atoms with Crippen LogP contribution >= 0.6 is 11.8 Å². The van der Waals surface area contributed by atoms with E-state index in [1.165, 1.54) is 0 Å². The minimum absolute atomic E-state index is 0.332. The zero-order valence-corrected chi connectivity index (χ0v) is 9.49. The van der Waals surface area contributed by atoms with Gasteiger partial charge in [0.2, 0.25) is 0 Å². The van der Waals surface area contributed by atoms with E-state index in [1.54, 1.807) is 0 Å². The summed E-state index contributed by atoms with van der Waals surface area (Å²) >= 11 is 1.94. The third kappa shape index (κ3) is 2.03. The standard InChI is InChI=1S/C10H21NOS/c1-3-10(12,4-2)9(11)5-7-13-8-6-9/h12H,3-8,11H2,1-2H3. The first kappa shape index (κ1) is 11.3. The molecule has 0 radical (unpaired) electrons. The Morgan fingerprint density at radius 1 is 1.31 bits per heavy atom. The van der Waals surface area contributed by atoms with Gasteiger partial charge in [-0.05, 0) is 37.2 Å². The summed E-state index contributed by atoms with van der Waals surface area (Å²) in [6, 6.07) is 0. The molecule has 2 nitrogen and oxygen atoms in total. The molecule has 0 aromatic heterocycles. The highest BCUT2D eigenvalue weighted by Crippen LogP contribution is 2.37. The van der Waals surface area contributed by atoms with Crippen molar-refractivity contribution >= 4 is 11.8 Å². The maximum atomic E-state index is 10.4. The van der Waals surface area contributed by atoms with Gasteiger partial charge in [-0.1, -0.05) is 13.8 Å². The van der Waals surface area contributed by atoms with Crippen LogP contribution in [0.25, 0.3) is 0 Å². The fourth-order valence-corrected chi connectivity index (χ4v) is 3.38. The Bertz CT molecular complexity index is 162. The summed E-state index contributed by atoms with van der Waals surface area (Å²) in [5, 5.41) is 10.4. The minimum Gasteiger partial charge on any atom is -0.388 e. The van der Waals surface area contributed by atoms with E-state index in [9.17, 15) is 5.11 Å². The molecule has 0 aromatic carbocycles. The Labute approximate surface area is 85.3 Å². The van der Waals surface area contributed by atoms with Crippen molar-refractivity contribution in [2.24, 2.45) is 5.73 Å². The fourth-order valence-electron chi connectivity index (χ4n) is 2.16. The summed E-state index contributed by atoms with van der Waals surface area (Å²) in [6.45, 7) is 4.06. The number of rotatable bonds is 3. The van der Waals surface area contributed by atoms with Gasteiger partial charge in [0, 0.05) is 5.54 Å². The number of thioether (sulfide) groups is 1. The third-order valence-corrected chi connectivity index (χ3v) is 4.47. The van der Waals surface area contributed by atoms with Crippen molar-refractivity contribution in [2.75, 3.05) is 11.5 Å². The van der Waals surface area contributed by atoms with E-state index in [1.807, 2.05) is 25.6 Å². The third-order valence-electron chi connectivity index (χ3n) is 3.48. The highest BCUT2D eigenvalue weighted by Gasteiger charge is 2.45. The first-order chi connectivity index (χ1) is 6.08. The fraction of sp³-hybridized carbons (Fsp3) is 1.00. The summed E-state index contributed by atoms with van der Waals surface area (Å²) in [5.41, 5.74) is 5.32. The lowest BCUT2D eigenvalue weighted by atomic mass is 9.73. The lowest BCUT2D eigenvalue weighted by molar-refractivity contribution is -0.0466. The van der Waals surface area contributed by atoms with Crippen molar-refractivity contribution < 1.29 is 5.11 Å². The molecular weight excluding hydrogens is 182 g/mol. The van der Waals surface area contributed by atoms with Crippen LogP contribution < -0.4 is 5.73 Å². The van der Waals surface area contributed by atoms with Gasteiger partial charge in [-0.2, -0.15) is 11.8 Å². The van der Waals surface area contributed by atoms with Crippen LogP contribution in [0.5, 0.6) is 0 Å². The number of nitrogens with two attached hydrogens (primary N) is 1. The Morgan fingerprint density at radius 2 is 1.77 bits per heavy atom. The SMILES string of the molecule is CCC(O)(CC)C1(N)CCSCC1. The van der Waals surface area contributed by atoms with E-state index in [-0.39, 0.29) is 5.54 Å². The lowest BCUT2D eigenvalue weighted by Gasteiger charge is -2.46. The molecule has 0 atom stereocenters. The Kier molecular flexibility index (Phi) is 3.66. The predicted molar refractivity (Wildman–Crippen MR) is 59.0 cm³/mol. The molecule has 1 aliphatic rings. The summed E-state index contributed by atoms with van der Waals surface area (Å²) in [6.07, 6.45) is 3.45. The van der Waals surface area contributed by atoms with Crippen molar-refractivity contribution in [3.05, 3.63) is 0 Å². The molecule has 1 rings (SSSR count). The minimum atomic E-state index is -0.645. The zero-order chi connectivity index (χ0) is 9.95. The van der Waals surface area contributed by atoms with Gasteiger partial charge in [0.05, 0.1) is 5.60 Å². The van der Waals surface area contributed by atoms with Crippen molar-refractivity contribution in [3.63, 3.8) is 0 Å². The predicted octanol–water partition coefficient (Wildman–Crippen LogP) is 1.76. The maximum absolute atomic E-state index is 10.4. The van der Waals surface area contributed by atoms with Gasteiger partial charge < -0.3 is 10.8 Å². The molecule has 0 aliphatic carbocycles. The molecule has 0 amide bonds. The van der Waals surface area contributed by atoms with Gasteiger partial charge in [0.15, 0.2) is 0 Å². The second-order valence-corrected chi connectivity index (χ2v) is 5.23. The van der Waals surface area contributed by atoms with Gasteiger partial charge in [0.25, 0.3) is 0 Å². The maximum Gasteiger partial charge on any atom is 0.0821 e. The molecule has 0 bridgehead atoms. The first-order valence-corrected chi connectivity index (χ1v) is 6.32. The van der Waals surface area contributed by atoms with E-state index in [0.29, 0.717) is 0 Å². The van der Waals surface area contributed by atoms with E-state index in [2.05, 4.69) is 0 Å². The van der Waals surface area contributed by atoms with Crippen LogP contribution in [0.3, 0.4) is 0 Å². The van der Waals surface area contributed by atoms with E-state index in [4.69, 9.17) is 5.73 Å². The smallest absolute Gasteiger partial charge is 0.0821 e. The molecule has 0 spiro atoms. The average molecular weight is 203 g/mol. The van der Waals surface area contributed by atoms with E-state index < -0.39 is 5.60 Å². The van der Waals surface area contributed by atoms with Gasteiger partial charge in [0.1, 0.15) is 0 Å². The van der Waals surface area contributed by atoms with Gasteiger partial charge in [-0.3, -0.25) is 0 Å². The molecule has 0 unspecified atom stereocenters. The Balaban J connectivity index is 2.74. The van der Waals surface area contributed by atoms with Crippen LogP contribution in [0.2, 0.25) is 0 Å². The normalized spacial score (nSPS) is 23.1. The quantitative estimate of drug-likeness (QED) is 0.735. The Morgan fingerprint density at radius 3 is 2.15 bits per heavy atom. The Hall–Kier alpha value is 0.270. The molecule has 0 saturated carbocycles. The van der Waals surface area contributed by atoms with Crippen molar-refractivity contribution in [3.8, 4) is 0 Å². The molecular formula is C10H21NOS. The van der Waals surface area contributed by atoms with E-state index >= 15 is 0 Å². The molecule has 78 valence electrons. The van der Waals surface area contributed by atoms with Crippen LogP contribution in [-0.4, -0.2) is 27.8 Å². The van der Waals surface area contributed by atoms with Crippen LogP contribution in [0.1, 0.15) is 39.5 Å². The first-order valence-electron chi connectivity index (χ1n) is 5.17. The van der Waals surface area contributed by atoms with Gasteiger partial charge >= 0.3 is 0 Å². The van der Waals surface area contributed by atoms with Gasteiger partial charge in [-0.25, -0.2) is 0 Å². The van der Waals surface area contributed by atoms with E-state index in [0.717, 1.165) is 37.2 Å². The van der Waals surface area contributed by atoms with Crippen molar-refractivity contribution in [2.45, 2.75) is 50.7 Å². The summed E-state index contributed by atoms with van der Waals surface area (Å²) in [4.78, 5) is 0. The van der Waals surface area contributed by atoms with Crippen LogP contribution in [0, 0.1) is 0 Å². The molecule has 3 heteroatoms. The van der Waals surface area contributed by atoms with Crippen molar-refractivity contribution in [1.29, 1.82) is 0 Å². The summed E-state index contributed by atoms with van der Waals surface area (Å²) in [7, 11) is 0. The van der Waals surface area contributed by atoms with Gasteiger partial charge in [-0.15, -0.1) is 0 Å². The zero-order valence-electron chi connectivity index (χ0n) is 8.68. The number of hydrogen-bond acceptors (Lipinski definition) is 3. The highest BCUT2D eigenvalue weighted by molar-refractivity contribution is 7.99. The molecule has 1 fully saturated rings. The molecule has 13 heavy (non-hydrogen) atoms. The molecule has 3 N–H and O–H groups in total. The topological polar surface area (TPSA) is 46.2 Å². The second kappa shape index (κ2) is 4.20. The number of hydrogen-bond donors (Lipinski definition) is 2. The van der Waals surface area contributed by atoms with Crippen LogP contribution in [0.4, 0.5) is 0 Å².